The Kier molecular flexibility index (Phi) is 4.71. The maximum absolute atomic E-state index is 14.4. The summed E-state index contributed by atoms with van der Waals surface area (Å²) in [6.07, 6.45) is 5.38. The number of hydrogen-bond donors (Lipinski definition) is 0. The molecule has 0 amide bonds. The molecular weight excluding hydrogens is 407 g/mol. The molecule has 1 fully saturated rings. The summed E-state index contributed by atoms with van der Waals surface area (Å²) in [6, 6.07) is 4.12. The Bertz CT molecular complexity index is 1110. The highest BCUT2D eigenvalue weighted by Gasteiger charge is 2.39. The molecule has 10 heteroatoms. The number of fused-ring (bicyclic) bond motifs is 1. The molecule has 5 heterocycles. The molecule has 0 aromatic carbocycles. The van der Waals surface area contributed by atoms with Gasteiger partial charge in [-0.15, -0.1) is 0 Å². The van der Waals surface area contributed by atoms with Crippen LogP contribution in [-0.2, 0) is 6.42 Å². The summed E-state index contributed by atoms with van der Waals surface area (Å²) >= 11 is 0. The Balaban J connectivity index is 1.43. The molecule has 3 aromatic heterocycles. The molecule has 3 aromatic rings. The quantitative estimate of drug-likeness (QED) is 0.634. The van der Waals surface area contributed by atoms with Gasteiger partial charge in [-0.05, 0) is 13.0 Å². The predicted octanol–water partition coefficient (Wildman–Crippen LogP) is 3.44. The first-order valence-electron chi connectivity index (χ1n) is 10.1. The minimum atomic E-state index is -2.77. The molecular formula is C21H20F3N7. The molecule has 1 unspecified atom stereocenters. The van der Waals surface area contributed by atoms with Crippen LogP contribution in [-0.4, -0.2) is 50.5 Å². The van der Waals surface area contributed by atoms with Crippen LogP contribution in [0.15, 0.2) is 36.8 Å². The molecule has 0 N–H and O–H groups in total. The Morgan fingerprint density at radius 1 is 1.00 bits per heavy atom. The molecule has 2 aliphatic rings. The van der Waals surface area contributed by atoms with Crippen molar-refractivity contribution in [2.24, 2.45) is 0 Å². The summed E-state index contributed by atoms with van der Waals surface area (Å²) in [5.41, 5.74) is 1.79. The van der Waals surface area contributed by atoms with Crippen molar-refractivity contribution in [3.63, 3.8) is 0 Å². The highest BCUT2D eigenvalue weighted by atomic mass is 19.3. The lowest BCUT2D eigenvalue weighted by Crippen LogP contribution is -2.36. The van der Waals surface area contributed by atoms with Gasteiger partial charge in [-0.2, -0.15) is 0 Å². The average molecular weight is 427 g/mol. The van der Waals surface area contributed by atoms with Crippen LogP contribution >= 0.6 is 0 Å². The lowest BCUT2D eigenvalue weighted by Gasteiger charge is -2.36. The lowest BCUT2D eigenvalue weighted by molar-refractivity contribution is 0.0256. The predicted molar refractivity (Wildman–Crippen MR) is 108 cm³/mol. The van der Waals surface area contributed by atoms with Crippen molar-refractivity contribution in [1.82, 2.24) is 24.9 Å². The van der Waals surface area contributed by atoms with Gasteiger partial charge in [0, 0.05) is 62.2 Å². The third kappa shape index (κ3) is 3.77. The van der Waals surface area contributed by atoms with E-state index < -0.39 is 18.3 Å². The zero-order chi connectivity index (χ0) is 21.6. The molecule has 160 valence electrons. The van der Waals surface area contributed by atoms with Crippen LogP contribution < -0.4 is 9.80 Å². The van der Waals surface area contributed by atoms with Crippen molar-refractivity contribution < 1.29 is 13.2 Å². The van der Waals surface area contributed by atoms with E-state index in [-0.39, 0.29) is 24.8 Å². The number of aromatic nitrogens is 5. The minimum absolute atomic E-state index is 0.152. The van der Waals surface area contributed by atoms with Crippen LogP contribution in [0.25, 0.3) is 11.6 Å². The first-order valence-corrected chi connectivity index (χ1v) is 10.1. The average Bonchev–Trinajstić information content (AvgIpc) is 3.14. The Morgan fingerprint density at radius 2 is 1.77 bits per heavy atom. The van der Waals surface area contributed by atoms with Gasteiger partial charge in [-0.25, -0.2) is 38.1 Å². The number of rotatable bonds is 3. The van der Waals surface area contributed by atoms with Gasteiger partial charge in [0.05, 0.1) is 18.3 Å². The molecule has 0 spiro atoms. The van der Waals surface area contributed by atoms with E-state index in [1.807, 2.05) is 11.8 Å². The fraction of sp³-hybridized carbons (Fsp3) is 0.381. The summed E-state index contributed by atoms with van der Waals surface area (Å²) in [7, 11) is 0. The van der Waals surface area contributed by atoms with E-state index in [4.69, 9.17) is 0 Å². The third-order valence-electron chi connectivity index (χ3n) is 5.72. The van der Waals surface area contributed by atoms with Crippen LogP contribution in [0.2, 0.25) is 0 Å². The summed E-state index contributed by atoms with van der Waals surface area (Å²) in [5, 5.41) is 0. The molecule has 0 bridgehead atoms. The Hall–Kier alpha value is -3.30. The number of hydrogen-bond acceptors (Lipinski definition) is 7. The topological polar surface area (TPSA) is 70.9 Å². The van der Waals surface area contributed by atoms with Gasteiger partial charge < -0.3 is 9.80 Å². The van der Waals surface area contributed by atoms with E-state index in [2.05, 4.69) is 24.9 Å². The third-order valence-corrected chi connectivity index (χ3v) is 5.72. The lowest BCUT2D eigenvalue weighted by atomic mass is 9.99. The monoisotopic (exact) mass is 427 g/mol. The number of halogens is 3. The van der Waals surface area contributed by atoms with E-state index in [1.54, 1.807) is 24.7 Å². The fourth-order valence-corrected chi connectivity index (χ4v) is 4.11. The van der Waals surface area contributed by atoms with E-state index in [0.717, 1.165) is 11.3 Å². The maximum atomic E-state index is 14.4. The SMILES string of the molecule is CC1c2cnc(-c3ncccn3)nc2CCN1c1cc(F)cc(N2CCC(F)(F)C2)n1. The van der Waals surface area contributed by atoms with Crippen LogP contribution in [0, 0.1) is 5.82 Å². The van der Waals surface area contributed by atoms with Crippen molar-refractivity contribution in [2.75, 3.05) is 29.4 Å². The molecule has 31 heavy (non-hydrogen) atoms. The normalized spacial score (nSPS) is 20.1. The Morgan fingerprint density at radius 3 is 2.52 bits per heavy atom. The van der Waals surface area contributed by atoms with Gasteiger partial charge in [0.2, 0.25) is 0 Å². The van der Waals surface area contributed by atoms with Crippen molar-refractivity contribution >= 4 is 11.6 Å². The van der Waals surface area contributed by atoms with Gasteiger partial charge in [0.1, 0.15) is 17.5 Å². The second-order valence-corrected chi connectivity index (χ2v) is 7.82. The van der Waals surface area contributed by atoms with Gasteiger partial charge in [0.25, 0.3) is 5.92 Å². The van der Waals surface area contributed by atoms with Gasteiger partial charge in [0.15, 0.2) is 11.6 Å². The van der Waals surface area contributed by atoms with Crippen molar-refractivity contribution in [3.8, 4) is 11.6 Å². The number of nitrogens with zero attached hydrogens (tertiary/aromatic N) is 7. The Labute approximate surface area is 177 Å². The molecule has 1 atom stereocenters. The first kappa shape index (κ1) is 19.7. The first-order chi connectivity index (χ1) is 14.9. The van der Waals surface area contributed by atoms with Gasteiger partial charge in [-0.1, -0.05) is 0 Å². The molecule has 0 saturated carbocycles. The largest absolute Gasteiger partial charge is 0.350 e. The van der Waals surface area contributed by atoms with E-state index in [1.165, 1.54) is 17.0 Å². The smallest absolute Gasteiger partial charge is 0.266 e. The van der Waals surface area contributed by atoms with E-state index in [9.17, 15) is 13.2 Å². The molecule has 0 radical (unpaired) electrons. The number of anilines is 2. The van der Waals surface area contributed by atoms with E-state index in [0.29, 0.717) is 30.4 Å². The van der Waals surface area contributed by atoms with Crippen molar-refractivity contribution in [1.29, 1.82) is 0 Å². The molecule has 7 nitrogen and oxygen atoms in total. The zero-order valence-electron chi connectivity index (χ0n) is 16.8. The van der Waals surface area contributed by atoms with Crippen molar-refractivity contribution in [2.45, 2.75) is 31.7 Å². The highest BCUT2D eigenvalue weighted by Crippen LogP contribution is 2.35. The summed E-state index contributed by atoms with van der Waals surface area (Å²) in [6.45, 7) is 2.24. The second kappa shape index (κ2) is 7.44. The summed E-state index contributed by atoms with van der Waals surface area (Å²) < 4.78 is 41.6. The summed E-state index contributed by atoms with van der Waals surface area (Å²) in [5.74, 6) is -1.71. The molecule has 5 rings (SSSR count). The van der Waals surface area contributed by atoms with Gasteiger partial charge in [-0.3, -0.25) is 0 Å². The fourth-order valence-electron chi connectivity index (χ4n) is 4.11. The van der Waals surface area contributed by atoms with Crippen LogP contribution in [0.1, 0.15) is 30.6 Å². The maximum Gasteiger partial charge on any atom is 0.266 e. The molecule has 0 aliphatic carbocycles. The van der Waals surface area contributed by atoms with E-state index >= 15 is 0 Å². The summed E-state index contributed by atoms with van der Waals surface area (Å²) in [4.78, 5) is 25.3. The number of pyridine rings is 1. The van der Waals surface area contributed by atoms with Crippen LogP contribution in [0.4, 0.5) is 24.8 Å². The van der Waals surface area contributed by atoms with Crippen LogP contribution in [0.5, 0.6) is 0 Å². The second-order valence-electron chi connectivity index (χ2n) is 7.82. The minimum Gasteiger partial charge on any atom is -0.350 e. The molecule has 2 aliphatic heterocycles. The zero-order valence-corrected chi connectivity index (χ0v) is 16.8. The van der Waals surface area contributed by atoms with Crippen LogP contribution in [0.3, 0.4) is 0 Å². The number of alkyl halides is 2. The highest BCUT2D eigenvalue weighted by molar-refractivity contribution is 5.53. The molecule has 1 saturated heterocycles. The van der Waals surface area contributed by atoms with Gasteiger partial charge >= 0.3 is 0 Å². The van der Waals surface area contributed by atoms with Crippen molar-refractivity contribution in [3.05, 3.63) is 53.9 Å². The standard InChI is InChI=1S/C21H20F3N7/c1-13-15-11-27-20(19-25-5-2-6-26-19)28-16(15)3-7-31(13)18-10-14(22)9-17(29-18)30-8-4-21(23,24)12-30/h2,5-6,9-11,13H,3-4,7-8,12H2,1H3.